The highest BCUT2D eigenvalue weighted by Crippen LogP contribution is 2.56. The quantitative estimate of drug-likeness (QED) is 0.759. The van der Waals surface area contributed by atoms with Gasteiger partial charge in [0.25, 0.3) is 0 Å². The van der Waals surface area contributed by atoms with Crippen molar-refractivity contribution in [3.8, 4) is 0 Å². The van der Waals surface area contributed by atoms with Crippen LogP contribution in [0.1, 0.15) is 40.5 Å². The largest absolute Gasteiger partial charge is 0.246 e. The van der Waals surface area contributed by atoms with Crippen molar-refractivity contribution in [2.24, 2.45) is 27.7 Å². The number of nitrogens with zero attached hydrogens (tertiary/aromatic N) is 1. The van der Waals surface area contributed by atoms with Crippen LogP contribution in [0.15, 0.2) is 40.4 Å². The predicted octanol–water partition coefficient (Wildman–Crippen LogP) is 2.72. The van der Waals surface area contributed by atoms with E-state index in [0.29, 0.717) is 11.8 Å². The van der Waals surface area contributed by atoms with E-state index in [2.05, 4.69) is 67.6 Å². The Morgan fingerprint density at radius 2 is 2.00 bits per heavy atom. The minimum absolute atomic E-state index is 0.257. The molecule has 1 N–H and O–H groups in total. The van der Waals surface area contributed by atoms with Crippen LogP contribution in [-0.2, 0) is 0 Å². The molecule has 118 valence electrons. The molecule has 0 aromatic rings. The molecule has 2 rings (SSSR count). The number of hydrogen-bond acceptors (Lipinski definition) is 1. The number of rotatable bonds is 2. The number of fused-ring (bicyclic) bond motifs is 1. The van der Waals surface area contributed by atoms with Crippen molar-refractivity contribution in [1.82, 2.24) is 0 Å². The summed E-state index contributed by atoms with van der Waals surface area (Å²) in [6.07, 6.45) is 11.2. The monoisotopic (exact) mass is 297 g/mol. The lowest BCUT2D eigenvalue weighted by Gasteiger charge is -2.51. The molecule has 0 heterocycles. The van der Waals surface area contributed by atoms with Crippen LogP contribution in [0, 0.1) is 22.7 Å². The van der Waals surface area contributed by atoms with Crippen molar-refractivity contribution in [2.75, 3.05) is 14.1 Å². The van der Waals surface area contributed by atoms with Crippen molar-refractivity contribution < 1.29 is 4.99 Å². The van der Waals surface area contributed by atoms with Crippen LogP contribution in [0.4, 0.5) is 0 Å². The molecule has 0 aromatic carbocycles. The Hall–Kier alpha value is -1.62. The van der Waals surface area contributed by atoms with Crippen molar-refractivity contribution in [3.05, 3.63) is 35.5 Å². The fourth-order valence-corrected chi connectivity index (χ4v) is 4.65. The molecule has 2 nitrogen and oxygen atoms in total. The molecule has 0 aromatic heterocycles. The van der Waals surface area contributed by atoms with Gasteiger partial charge in [0.1, 0.15) is 7.05 Å². The van der Waals surface area contributed by atoms with E-state index in [1.165, 1.54) is 17.6 Å². The van der Waals surface area contributed by atoms with Gasteiger partial charge in [0.05, 0.1) is 0 Å². The first-order valence-corrected chi connectivity index (χ1v) is 8.15. The minimum Gasteiger partial charge on any atom is -0.246 e. The number of hydrogen-bond donors (Lipinski definition) is 1. The van der Waals surface area contributed by atoms with Crippen molar-refractivity contribution in [1.29, 1.82) is 0 Å². The summed E-state index contributed by atoms with van der Waals surface area (Å²) in [4.78, 5) is 6.96. The fraction of sp³-hybridized carbons (Fsp3) is 0.600. The first-order chi connectivity index (χ1) is 10.3. The second kappa shape index (κ2) is 6.24. The maximum atomic E-state index is 3.98. The molecule has 0 fully saturated rings. The van der Waals surface area contributed by atoms with E-state index in [4.69, 9.17) is 0 Å². The molecule has 2 unspecified atom stereocenters. The summed E-state index contributed by atoms with van der Waals surface area (Å²) in [5, 5.41) is 0. The molecule has 0 aliphatic heterocycles. The standard InChI is InChI=1S/C20H28N2/c1-19(2)13-15(7-9-21-5)11-17-12-16(8-10-22-6)14-20(3,4)18(17)19/h7-8,11-12,15,18H,13-14H2,1-6H3/p+1. The summed E-state index contributed by atoms with van der Waals surface area (Å²) in [7, 11) is 3.67. The average Bonchev–Trinajstić information content (AvgIpc) is 2.39. The van der Waals surface area contributed by atoms with Crippen LogP contribution in [0.3, 0.4) is 0 Å². The molecule has 2 aliphatic rings. The normalized spacial score (nSPS) is 28.1. The van der Waals surface area contributed by atoms with Crippen molar-refractivity contribution in [3.63, 3.8) is 0 Å². The molecule has 2 atom stereocenters. The molecule has 0 bridgehead atoms. The average molecular weight is 297 g/mol. The molecule has 22 heavy (non-hydrogen) atoms. The van der Waals surface area contributed by atoms with Gasteiger partial charge in [0.15, 0.2) is 5.87 Å². The third-order valence-corrected chi connectivity index (χ3v) is 4.90. The van der Waals surface area contributed by atoms with Gasteiger partial charge < -0.3 is 0 Å². The van der Waals surface area contributed by atoms with Gasteiger partial charge in [-0.05, 0) is 46.6 Å². The zero-order chi connectivity index (χ0) is 16.4. The van der Waals surface area contributed by atoms with E-state index in [1.807, 2.05) is 13.1 Å². The van der Waals surface area contributed by atoms with Gasteiger partial charge in [-0.2, -0.15) is 0 Å². The lowest BCUT2D eigenvalue weighted by atomic mass is 9.53. The van der Waals surface area contributed by atoms with Gasteiger partial charge in [-0.25, -0.2) is 9.98 Å². The third-order valence-electron chi connectivity index (χ3n) is 4.90. The molecule has 0 amide bonds. The fourth-order valence-electron chi connectivity index (χ4n) is 4.65. The summed E-state index contributed by atoms with van der Waals surface area (Å²) in [5.74, 6) is 7.17. The summed E-state index contributed by atoms with van der Waals surface area (Å²) < 4.78 is 0. The molecular weight excluding hydrogens is 268 g/mol. The minimum atomic E-state index is 0.257. The summed E-state index contributed by atoms with van der Waals surface area (Å²) in [6, 6.07) is 0. The Kier molecular flexibility index (Phi) is 4.75. The molecule has 0 radical (unpaired) electrons. The number of allylic oxidation sites excluding steroid dienone is 6. The van der Waals surface area contributed by atoms with Crippen LogP contribution in [0.25, 0.3) is 0 Å². The van der Waals surface area contributed by atoms with Crippen molar-refractivity contribution in [2.45, 2.75) is 40.5 Å². The van der Waals surface area contributed by atoms with Gasteiger partial charge in [0, 0.05) is 25.1 Å². The van der Waals surface area contributed by atoms with Crippen LogP contribution in [0.2, 0.25) is 0 Å². The van der Waals surface area contributed by atoms with E-state index in [-0.39, 0.29) is 10.8 Å². The van der Waals surface area contributed by atoms with Crippen LogP contribution < -0.4 is 4.99 Å². The second-order valence-corrected chi connectivity index (χ2v) is 7.90. The van der Waals surface area contributed by atoms with E-state index < -0.39 is 0 Å². The Balaban J connectivity index is 2.52. The first kappa shape index (κ1) is 16.7. The lowest BCUT2D eigenvalue weighted by molar-refractivity contribution is -0.411. The summed E-state index contributed by atoms with van der Waals surface area (Å²) in [6.45, 7) is 9.61. The highest BCUT2D eigenvalue weighted by atomic mass is 14.6. The second-order valence-electron chi connectivity index (χ2n) is 7.90. The molecule has 2 aliphatic carbocycles. The van der Waals surface area contributed by atoms with Crippen LogP contribution in [0.5, 0.6) is 0 Å². The first-order valence-electron chi connectivity index (χ1n) is 8.15. The van der Waals surface area contributed by atoms with E-state index in [9.17, 15) is 0 Å². The molecule has 0 saturated carbocycles. The smallest absolute Gasteiger partial charge is 0.161 e. The zero-order valence-corrected chi connectivity index (χ0v) is 14.8. The molecule has 2 heteroatoms. The Morgan fingerprint density at radius 1 is 1.27 bits per heavy atom. The number of aliphatic imine (C=N–C) groups is 1. The SMILES string of the molecule is CN=C=CC1=CC2=CC(C=C=[NH+]C)CC(C)(C)C2C(C)(C)C1. The summed E-state index contributed by atoms with van der Waals surface area (Å²) >= 11 is 0. The van der Waals surface area contributed by atoms with Gasteiger partial charge in [0.2, 0.25) is 0 Å². The number of nitrogens with one attached hydrogen (secondary N) is 1. The molecule has 0 spiro atoms. The van der Waals surface area contributed by atoms with E-state index in [0.717, 1.165) is 6.42 Å². The van der Waals surface area contributed by atoms with Gasteiger partial charge >= 0.3 is 0 Å². The van der Waals surface area contributed by atoms with E-state index in [1.54, 1.807) is 7.05 Å². The van der Waals surface area contributed by atoms with Crippen molar-refractivity contribution >= 4 is 11.7 Å². The Bertz CT molecular complexity index is 616. The maximum Gasteiger partial charge on any atom is 0.161 e. The topological polar surface area (TPSA) is 26.3 Å². The van der Waals surface area contributed by atoms with E-state index >= 15 is 0 Å². The maximum absolute atomic E-state index is 3.98. The highest BCUT2D eigenvalue weighted by molar-refractivity contribution is 5.59. The van der Waals surface area contributed by atoms with Crippen LogP contribution in [-0.4, -0.2) is 25.8 Å². The third kappa shape index (κ3) is 3.40. The molecular formula is C20H29N2+. The zero-order valence-electron chi connectivity index (χ0n) is 14.8. The predicted molar refractivity (Wildman–Crippen MR) is 94.3 cm³/mol. The Morgan fingerprint density at radius 3 is 2.64 bits per heavy atom. The van der Waals surface area contributed by atoms with Gasteiger partial charge in [-0.3, -0.25) is 0 Å². The summed E-state index contributed by atoms with van der Waals surface area (Å²) in [5.41, 5.74) is 3.34. The highest BCUT2D eigenvalue weighted by Gasteiger charge is 2.47. The van der Waals surface area contributed by atoms with Gasteiger partial charge in [-0.15, -0.1) is 0 Å². The molecule has 0 saturated heterocycles. The van der Waals surface area contributed by atoms with Gasteiger partial charge in [-0.1, -0.05) is 39.8 Å². The Labute approximate surface area is 135 Å². The lowest BCUT2D eigenvalue weighted by Crippen LogP contribution is -2.60. The van der Waals surface area contributed by atoms with Crippen LogP contribution >= 0.6 is 0 Å².